The van der Waals surface area contributed by atoms with Crippen molar-refractivity contribution >= 4 is 28.3 Å². The Kier molecular flexibility index (Phi) is 4.73. The van der Waals surface area contributed by atoms with Gasteiger partial charge in [0.2, 0.25) is 0 Å². The number of nitrogens with zero attached hydrogens (tertiary/aromatic N) is 2. The molecule has 0 bridgehead atoms. The van der Waals surface area contributed by atoms with Crippen LogP contribution in [0.3, 0.4) is 0 Å². The quantitative estimate of drug-likeness (QED) is 0.734. The van der Waals surface area contributed by atoms with Gasteiger partial charge < -0.3 is 10.3 Å². The van der Waals surface area contributed by atoms with E-state index < -0.39 is 0 Å². The number of carbonyl (C=O) groups is 1. The number of amides is 1. The van der Waals surface area contributed by atoms with E-state index in [0.717, 1.165) is 42.7 Å². The van der Waals surface area contributed by atoms with Crippen LogP contribution in [0.25, 0.3) is 16.6 Å². The number of anilines is 1. The van der Waals surface area contributed by atoms with E-state index in [1.807, 2.05) is 12.3 Å². The van der Waals surface area contributed by atoms with Crippen LogP contribution >= 0.6 is 0 Å². The molecule has 0 aliphatic carbocycles. The van der Waals surface area contributed by atoms with Crippen LogP contribution in [-0.4, -0.2) is 40.4 Å². The molecule has 0 saturated heterocycles. The number of hydrogen-bond acceptors (Lipinski definition) is 3. The summed E-state index contributed by atoms with van der Waals surface area (Å²) in [6, 6.07) is 9.12. The zero-order valence-corrected chi connectivity index (χ0v) is 15.1. The molecule has 1 amide bonds. The van der Waals surface area contributed by atoms with E-state index in [1.165, 1.54) is 29.8 Å². The number of aromatic nitrogens is 2. The maximum atomic E-state index is 13.0. The lowest BCUT2D eigenvalue weighted by Gasteiger charge is -2.24. The van der Waals surface area contributed by atoms with Crippen LogP contribution in [0.15, 0.2) is 48.7 Å². The zero-order chi connectivity index (χ0) is 18.8. The number of nitrogens with one attached hydrogen (secondary N) is 2. The Labute approximate surface area is 156 Å². The molecule has 3 aromatic rings. The Morgan fingerprint density at radius 2 is 2.07 bits per heavy atom. The van der Waals surface area contributed by atoms with Gasteiger partial charge in [-0.3, -0.25) is 9.69 Å². The molecule has 0 radical (unpaired) electrons. The molecule has 0 unspecified atom stereocenters. The number of halogens is 1. The molecular weight excluding hydrogens is 343 g/mol. The van der Waals surface area contributed by atoms with Gasteiger partial charge in [-0.2, -0.15) is 0 Å². The third-order valence-corrected chi connectivity index (χ3v) is 4.96. The summed E-state index contributed by atoms with van der Waals surface area (Å²) < 4.78 is 13.0. The standard InChI is InChI=1S/C21H21FN4O/c1-2-26-11-9-14(10-12-26)17-13-23-18-7-8-19(24-20(17)18)25-21(27)15-3-5-16(22)6-4-15/h3-9,13,23H,2,10-12H2,1H3,(H,24,25,27). The molecule has 1 aliphatic heterocycles. The number of pyridine rings is 1. The Hall–Kier alpha value is -2.99. The number of H-pyrrole nitrogens is 1. The highest BCUT2D eigenvalue weighted by molar-refractivity contribution is 6.04. The monoisotopic (exact) mass is 364 g/mol. The number of aromatic amines is 1. The van der Waals surface area contributed by atoms with Gasteiger partial charge in [0.15, 0.2) is 0 Å². The van der Waals surface area contributed by atoms with Gasteiger partial charge in [-0.15, -0.1) is 0 Å². The second-order valence-electron chi connectivity index (χ2n) is 6.63. The van der Waals surface area contributed by atoms with Gasteiger partial charge in [-0.25, -0.2) is 9.37 Å². The first-order valence-corrected chi connectivity index (χ1v) is 9.11. The Morgan fingerprint density at radius 3 is 2.78 bits per heavy atom. The molecule has 2 N–H and O–H groups in total. The third kappa shape index (κ3) is 3.61. The van der Waals surface area contributed by atoms with Gasteiger partial charge in [0.1, 0.15) is 11.6 Å². The van der Waals surface area contributed by atoms with Crippen molar-refractivity contribution in [2.45, 2.75) is 13.3 Å². The number of rotatable bonds is 4. The van der Waals surface area contributed by atoms with Crippen LogP contribution in [0.2, 0.25) is 0 Å². The largest absolute Gasteiger partial charge is 0.359 e. The summed E-state index contributed by atoms with van der Waals surface area (Å²) in [6.45, 7) is 5.20. The molecule has 4 rings (SSSR count). The molecule has 0 fully saturated rings. The first kappa shape index (κ1) is 17.4. The number of carbonyl (C=O) groups excluding carboxylic acids is 1. The lowest BCUT2D eigenvalue weighted by Crippen LogP contribution is -2.27. The lowest BCUT2D eigenvalue weighted by molar-refractivity contribution is 0.102. The predicted octanol–water partition coefficient (Wildman–Crippen LogP) is 4.06. The fourth-order valence-electron chi connectivity index (χ4n) is 3.35. The first-order valence-electron chi connectivity index (χ1n) is 9.11. The fourth-order valence-corrected chi connectivity index (χ4v) is 3.35. The minimum Gasteiger partial charge on any atom is -0.359 e. The summed E-state index contributed by atoms with van der Waals surface area (Å²) in [5.41, 5.74) is 4.54. The van der Waals surface area contributed by atoms with Crippen LogP contribution in [0, 0.1) is 5.82 Å². The van der Waals surface area contributed by atoms with E-state index in [1.54, 1.807) is 6.07 Å². The highest BCUT2D eigenvalue weighted by atomic mass is 19.1. The van der Waals surface area contributed by atoms with E-state index >= 15 is 0 Å². The van der Waals surface area contributed by atoms with Crippen molar-refractivity contribution in [1.29, 1.82) is 0 Å². The summed E-state index contributed by atoms with van der Waals surface area (Å²) in [4.78, 5) is 22.6. The van der Waals surface area contributed by atoms with Crippen molar-refractivity contribution in [3.05, 3.63) is 65.6 Å². The van der Waals surface area contributed by atoms with Crippen LogP contribution in [0.5, 0.6) is 0 Å². The molecule has 27 heavy (non-hydrogen) atoms. The highest BCUT2D eigenvalue weighted by Crippen LogP contribution is 2.29. The van der Waals surface area contributed by atoms with E-state index in [2.05, 4.69) is 33.2 Å². The molecule has 1 aliphatic rings. The number of likely N-dealkylation sites (N-methyl/N-ethyl adjacent to an activating group) is 1. The van der Waals surface area contributed by atoms with Crippen LogP contribution in [0.4, 0.5) is 10.2 Å². The zero-order valence-electron chi connectivity index (χ0n) is 15.1. The van der Waals surface area contributed by atoms with Crippen LogP contribution < -0.4 is 5.32 Å². The molecule has 0 spiro atoms. The molecule has 3 heterocycles. The van der Waals surface area contributed by atoms with Crippen molar-refractivity contribution in [3.8, 4) is 0 Å². The van der Waals surface area contributed by atoms with Crippen LogP contribution in [0.1, 0.15) is 29.3 Å². The van der Waals surface area contributed by atoms with E-state index in [0.29, 0.717) is 11.4 Å². The molecule has 1 aromatic carbocycles. The summed E-state index contributed by atoms with van der Waals surface area (Å²) in [5.74, 6) is -0.205. The molecular formula is C21H21FN4O. The number of fused-ring (bicyclic) bond motifs is 1. The molecule has 0 saturated carbocycles. The topological polar surface area (TPSA) is 61.0 Å². The van der Waals surface area contributed by atoms with Gasteiger partial charge in [-0.05, 0) is 54.9 Å². The predicted molar refractivity (Wildman–Crippen MR) is 105 cm³/mol. The average molecular weight is 364 g/mol. The summed E-state index contributed by atoms with van der Waals surface area (Å²) in [5, 5.41) is 2.79. The first-order chi connectivity index (χ1) is 13.1. The molecule has 5 nitrogen and oxygen atoms in total. The second-order valence-corrected chi connectivity index (χ2v) is 6.63. The van der Waals surface area contributed by atoms with Gasteiger partial charge in [0.25, 0.3) is 5.91 Å². The van der Waals surface area contributed by atoms with E-state index in [-0.39, 0.29) is 11.7 Å². The van der Waals surface area contributed by atoms with Crippen molar-refractivity contribution in [3.63, 3.8) is 0 Å². The van der Waals surface area contributed by atoms with Gasteiger partial charge >= 0.3 is 0 Å². The normalized spacial score (nSPS) is 15.0. The smallest absolute Gasteiger partial charge is 0.256 e. The maximum Gasteiger partial charge on any atom is 0.256 e. The minimum absolute atomic E-state index is 0.311. The SMILES string of the molecule is CCN1CC=C(c2c[nH]c3ccc(NC(=O)c4ccc(F)cc4)nc23)CC1. The minimum atomic E-state index is -0.370. The van der Waals surface area contributed by atoms with Crippen molar-refractivity contribution in [1.82, 2.24) is 14.9 Å². The van der Waals surface area contributed by atoms with E-state index in [9.17, 15) is 9.18 Å². The Bertz CT molecular complexity index is 1010. The van der Waals surface area contributed by atoms with Gasteiger partial charge in [-0.1, -0.05) is 13.0 Å². The van der Waals surface area contributed by atoms with Gasteiger partial charge in [0, 0.05) is 30.4 Å². The van der Waals surface area contributed by atoms with Crippen molar-refractivity contribution < 1.29 is 9.18 Å². The molecule has 138 valence electrons. The van der Waals surface area contributed by atoms with Crippen molar-refractivity contribution in [2.24, 2.45) is 0 Å². The second kappa shape index (κ2) is 7.32. The summed E-state index contributed by atoms with van der Waals surface area (Å²) >= 11 is 0. The molecule has 6 heteroatoms. The van der Waals surface area contributed by atoms with Crippen LogP contribution in [-0.2, 0) is 0 Å². The molecule has 0 atom stereocenters. The number of hydrogen-bond donors (Lipinski definition) is 2. The molecule has 2 aromatic heterocycles. The Morgan fingerprint density at radius 1 is 1.26 bits per heavy atom. The third-order valence-electron chi connectivity index (χ3n) is 4.96. The average Bonchev–Trinajstić information content (AvgIpc) is 3.12. The summed E-state index contributed by atoms with van der Waals surface area (Å²) in [6.07, 6.45) is 5.21. The lowest BCUT2D eigenvalue weighted by atomic mass is 10.0. The number of benzene rings is 1. The summed E-state index contributed by atoms with van der Waals surface area (Å²) in [7, 11) is 0. The highest BCUT2D eigenvalue weighted by Gasteiger charge is 2.16. The maximum absolute atomic E-state index is 13.0. The van der Waals surface area contributed by atoms with Gasteiger partial charge in [0.05, 0.1) is 11.0 Å². The Balaban J connectivity index is 1.59. The fraction of sp³-hybridized carbons (Fsp3) is 0.238. The van der Waals surface area contributed by atoms with Crippen molar-refractivity contribution in [2.75, 3.05) is 25.0 Å². The van der Waals surface area contributed by atoms with E-state index in [4.69, 9.17) is 0 Å².